The van der Waals surface area contributed by atoms with E-state index in [0.717, 1.165) is 77.0 Å². The van der Waals surface area contributed by atoms with Crippen LogP contribution in [0.25, 0.3) is 0 Å². The van der Waals surface area contributed by atoms with E-state index in [4.69, 9.17) is 4.74 Å². The number of allylic oxidation sites excluding steroid dienone is 4. The van der Waals surface area contributed by atoms with Crippen molar-refractivity contribution < 1.29 is 24.5 Å². The monoisotopic (exact) mass is 1070 g/mol. The van der Waals surface area contributed by atoms with Crippen LogP contribution in [0.15, 0.2) is 24.3 Å². The summed E-state index contributed by atoms with van der Waals surface area (Å²) in [6, 6.07) is -0.560. The van der Waals surface area contributed by atoms with E-state index in [9.17, 15) is 19.8 Å². The Morgan fingerprint density at radius 2 is 0.645 bits per heavy atom. The van der Waals surface area contributed by atoms with E-state index in [2.05, 4.69) is 43.5 Å². The molecule has 0 bridgehead atoms. The summed E-state index contributed by atoms with van der Waals surface area (Å²) in [6.07, 6.45) is 82.2. The first-order chi connectivity index (χ1) is 37.5. The smallest absolute Gasteiger partial charge is 0.305 e. The first kappa shape index (κ1) is 74.3. The highest BCUT2D eigenvalue weighted by molar-refractivity contribution is 5.76. The Morgan fingerprint density at radius 3 is 0.974 bits per heavy atom. The van der Waals surface area contributed by atoms with Gasteiger partial charge in [0, 0.05) is 12.8 Å². The first-order valence-electron chi connectivity index (χ1n) is 34.6. The van der Waals surface area contributed by atoms with Crippen LogP contribution in [0.3, 0.4) is 0 Å². The van der Waals surface area contributed by atoms with Crippen molar-refractivity contribution in [1.29, 1.82) is 0 Å². The minimum absolute atomic E-state index is 0.0156. The van der Waals surface area contributed by atoms with E-state index in [1.165, 1.54) is 276 Å². The van der Waals surface area contributed by atoms with Crippen molar-refractivity contribution in [2.75, 3.05) is 13.2 Å². The van der Waals surface area contributed by atoms with Crippen molar-refractivity contribution in [3.63, 3.8) is 0 Å². The fourth-order valence-electron chi connectivity index (χ4n) is 11.0. The molecule has 0 rings (SSSR count). The third-order valence-electron chi connectivity index (χ3n) is 16.3. The zero-order chi connectivity index (χ0) is 55.0. The third-order valence-corrected chi connectivity index (χ3v) is 16.3. The molecule has 0 aliphatic heterocycles. The molecule has 0 saturated carbocycles. The Hall–Kier alpha value is -1.66. The van der Waals surface area contributed by atoms with Crippen LogP contribution in [-0.4, -0.2) is 47.4 Å². The lowest BCUT2D eigenvalue weighted by molar-refractivity contribution is -0.143. The van der Waals surface area contributed by atoms with Crippen molar-refractivity contribution in [1.82, 2.24) is 5.32 Å². The summed E-state index contributed by atoms with van der Waals surface area (Å²) in [5.74, 6) is -0.0683. The molecule has 0 aromatic heterocycles. The molecule has 3 N–H and O–H groups in total. The van der Waals surface area contributed by atoms with Gasteiger partial charge >= 0.3 is 5.97 Å². The summed E-state index contributed by atoms with van der Waals surface area (Å²) >= 11 is 0. The molecule has 76 heavy (non-hydrogen) atoms. The van der Waals surface area contributed by atoms with Crippen molar-refractivity contribution in [3.8, 4) is 0 Å². The Balaban J connectivity index is 3.47. The topological polar surface area (TPSA) is 95.9 Å². The van der Waals surface area contributed by atoms with E-state index in [1.807, 2.05) is 0 Å². The first-order valence-corrected chi connectivity index (χ1v) is 34.6. The van der Waals surface area contributed by atoms with E-state index < -0.39 is 12.1 Å². The number of aliphatic hydroxyl groups is 2. The van der Waals surface area contributed by atoms with Crippen LogP contribution in [0.4, 0.5) is 0 Å². The molecule has 2 unspecified atom stereocenters. The van der Waals surface area contributed by atoms with E-state index in [-0.39, 0.29) is 18.5 Å². The number of nitrogens with one attached hydrogen (secondary N) is 1. The van der Waals surface area contributed by atoms with Gasteiger partial charge in [0.2, 0.25) is 5.91 Å². The number of aliphatic hydroxyl groups excluding tert-OH is 2. The van der Waals surface area contributed by atoms with Crippen molar-refractivity contribution in [2.45, 2.75) is 398 Å². The molecule has 6 heteroatoms. The second-order valence-electron chi connectivity index (χ2n) is 23.9. The standard InChI is InChI=1S/C70H135NO5/c1-3-5-7-9-11-13-15-17-19-21-23-24-25-26-27-28-30-31-34-38-42-46-50-54-58-62-68(73)67(66-72)71-69(74)63-59-55-51-47-43-39-35-33-37-41-45-49-53-57-61-65-76-70(75)64-60-56-52-48-44-40-36-32-29-22-20-18-16-14-12-10-8-6-4-2/h33,37,41,45,67-68,72-73H,3-32,34-36,38-40,42-44,46-66H2,1-2H3,(H,71,74)/b37-33-,45-41-. The number of rotatable bonds is 65. The highest BCUT2D eigenvalue weighted by atomic mass is 16.5. The highest BCUT2D eigenvalue weighted by Crippen LogP contribution is 2.19. The number of hydrogen-bond donors (Lipinski definition) is 3. The van der Waals surface area contributed by atoms with Gasteiger partial charge in [-0.25, -0.2) is 0 Å². The number of unbranched alkanes of at least 4 members (excludes halogenated alkanes) is 51. The van der Waals surface area contributed by atoms with Gasteiger partial charge in [0.15, 0.2) is 0 Å². The van der Waals surface area contributed by atoms with Gasteiger partial charge in [-0.05, 0) is 57.8 Å². The maximum atomic E-state index is 12.5. The predicted octanol–water partition coefficient (Wildman–Crippen LogP) is 22.1. The van der Waals surface area contributed by atoms with Gasteiger partial charge in [-0.15, -0.1) is 0 Å². The van der Waals surface area contributed by atoms with Crippen molar-refractivity contribution >= 4 is 11.9 Å². The number of carbonyl (C=O) groups excluding carboxylic acids is 2. The molecule has 0 aliphatic rings. The molecule has 2 atom stereocenters. The Bertz CT molecular complexity index is 1190. The Kier molecular flexibility index (Phi) is 64.4. The van der Waals surface area contributed by atoms with Crippen LogP contribution in [0.2, 0.25) is 0 Å². The van der Waals surface area contributed by atoms with Gasteiger partial charge in [0.25, 0.3) is 0 Å². The number of amides is 1. The molecule has 0 heterocycles. The van der Waals surface area contributed by atoms with Gasteiger partial charge in [-0.2, -0.15) is 0 Å². The third kappa shape index (κ3) is 61.6. The van der Waals surface area contributed by atoms with E-state index in [1.54, 1.807) is 0 Å². The lowest BCUT2D eigenvalue weighted by atomic mass is 10.0. The number of ether oxygens (including phenoxy) is 1. The van der Waals surface area contributed by atoms with Crippen LogP contribution in [0, 0.1) is 0 Å². The summed E-state index contributed by atoms with van der Waals surface area (Å²) in [5, 5.41) is 23.4. The molecule has 1 amide bonds. The second kappa shape index (κ2) is 65.9. The molecule has 0 aromatic carbocycles. The average molecular weight is 1070 g/mol. The number of hydrogen-bond acceptors (Lipinski definition) is 5. The fourth-order valence-corrected chi connectivity index (χ4v) is 11.0. The van der Waals surface area contributed by atoms with Crippen LogP contribution < -0.4 is 5.32 Å². The Morgan fingerprint density at radius 1 is 0.368 bits per heavy atom. The van der Waals surface area contributed by atoms with E-state index in [0.29, 0.717) is 25.9 Å². The zero-order valence-electron chi connectivity index (χ0n) is 51.5. The van der Waals surface area contributed by atoms with Crippen molar-refractivity contribution in [2.24, 2.45) is 0 Å². The predicted molar refractivity (Wildman–Crippen MR) is 333 cm³/mol. The number of carbonyl (C=O) groups is 2. The van der Waals surface area contributed by atoms with Crippen LogP contribution >= 0.6 is 0 Å². The van der Waals surface area contributed by atoms with Crippen LogP contribution in [0.5, 0.6) is 0 Å². The SMILES string of the molecule is CCCCCCCCCCCCCCCCCCCCCCCCCCCC(O)C(CO)NC(=O)CCCCCCCC/C=C\C=C/CCCCCOC(=O)CCCCCCCCCCCCCCCCCCCCC. The molecular formula is C70H135NO5. The summed E-state index contributed by atoms with van der Waals surface area (Å²) in [4.78, 5) is 24.6. The molecular weight excluding hydrogens is 935 g/mol. The van der Waals surface area contributed by atoms with E-state index >= 15 is 0 Å². The summed E-state index contributed by atoms with van der Waals surface area (Å²) in [6.45, 7) is 4.94. The lowest BCUT2D eigenvalue weighted by Crippen LogP contribution is -2.45. The molecule has 0 aromatic rings. The maximum absolute atomic E-state index is 12.5. The summed E-state index contributed by atoms with van der Waals surface area (Å²) in [5.41, 5.74) is 0. The van der Waals surface area contributed by atoms with Crippen LogP contribution in [-0.2, 0) is 14.3 Å². The zero-order valence-corrected chi connectivity index (χ0v) is 51.5. The molecule has 0 saturated heterocycles. The minimum atomic E-state index is -0.680. The summed E-state index contributed by atoms with van der Waals surface area (Å²) < 4.78 is 5.48. The normalized spacial score (nSPS) is 12.6. The van der Waals surface area contributed by atoms with Gasteiger partial charge in [-0.1, -0.05) is 340 Å². The number of esters is 1. The molecule has 450 valence electrons. The average Bonchev–Trinajstić information content (AvgIpc) is 3.42. The molecule has 6 nitrogen and oxygen atoms in total. The van der Waals surface area contributed by atoms with Crippen LogP contribution in [0.1, 0.15) is 386 Å². The minimum Gasteiger partial charge on any atom is -0.466 e. The molecule has 0 spiro atoms. The van der Waals surface area contributed by atoms with Gasteiger partial charge < -0.3 is 20.3 Å². The fraction of sp³-hybridized carbons (Fsp3) is 0.914. The maximum Gasteiger partial charge on any atom is 0.305 e. The van der Waals surface area contributed by atoms with Gasteiger partial charge in [-0.3, -0.25) is 9.59 Å². The lowest BCUT2D eigenvalue weighted by Gasteiger charge is -2.22. The van der Waals surface area contributed by atoms with Gasteiger partial charge in [0.05, 0.1) is 25.4 Å². The summed E-state index contributed by atoms with van der Waals surface area (Å²) in [7, 11) is 0. The molecule has 0 fully saturated rings. The largest absolute Gasteiger partial charge is 0.466 e. The Labute approximate surface area is 475 Å². The van der Waals surface area contributed by atoms with Gasteiger partial charge in [0.1, 0.15) is 0 Å². The molecule has 0 aliphatic carbocycles. The quantitative estimate of drug-likeness (QED) is 0.0320. The second-order valence-corrected chi connectivity index (χ2v) is 23.9. The van der Waals surface area contributed by atoms with Crippen molar-refractivity contribution in [3.05, 3.63) is 24.3 Å². The molecule has 0 radical (unpaired) electrons. The highest BCUT2D eigenvalue weighted by Gasteiger charge is 2.20.